The first-order valence-electron chi connectivity index (χ1n) is 6.05. The Morgan fingerprint density at radius 3 is 2.61 bits per heavy atom. The zero-order chi connectivity index (χ0) is 13.1. The molecule has 0 bridgehead atoms. The first-order valence-corrected chi connectivity index (χ1v) is 6.48. The summed E-state index contributed by atoms with van der Waals surface area (Å²) in [6.45, 7) is 0. The number of carbonyl (C=O) groups excluding carboxylic acids is 1. The Hall–Kier alpha value is -1.42. The Morgan fingerprint density at radius 1 is 1.22 bits per heavy atom. The van der Waals surface area contributed by atoms with Crippen LogP contribution in [-0.4, -0.2) is 27.5 Å². The molecule has 1 aromatic carbocycles. The van der Waals surface area contributed by atoms with Gasteiger partial charge in [-0.1, -0.05) is 12.8 Å². The van der Waals surface area contributed by atoms with Crippen LogP contribution in [0.3, 0.4) is 0 Å². The maximum Gasteiger partial charge on any atom is 0.251 e. The van der Waals surface area contributed by atoms with E-state index in [0.29, 0.717) is 5.56 Å². The summed E-state index contributed by atoms with van der Waals surface area (Å²) in [6.07, 6.45) is 3.95. The molecule has 0 radical (unpaired) electrons. The van der Waals surface area contributed by atoms with Crippen LogP contribution < -0.4 is 5.32 Å². The fourth-order valence-corrected chi connectivity index (χ4v) is 2.51. The molecule has 0 spiro atoms. The zero-order valence-electron chi connectivity index (χ0n) is 9.90. The number of nitrogens with one attached hydrogen (secondary N) is 1. The topological polar surface area (TPSA) is 69.6 Å². The molecule has 1 aromatic rings. The molecule has 0 aromatic heterocycles. The van der Waals surface area contributed by atoms with Gasteiger partial charge in [-0.3, -0.25) is 4.79 Å². The molecule has 1 saturated carbocycles. The van der Waals surface area contributed by atoms with E-state index >= 15 is 0 Å². The molecule has 1 amide bonds. The van der Waals surface area contributed by atoms with Crippen LogP contribution in [0.15, 0.2) is 18.2 Å². The molecule has 1 aliphatic rings. The van der Waals surface area contributed by atoms with Crippen LogP contribution >= 0.6 is 11.6 Å². The normalized spacial score (nSPS) is 23.6. The number of carbonyl (C=O) groups is 1. The first-order chi connectivity index (χ1) is 8.58. The summed E-state index contributed by atoms with van der Waals surface area (Å²) < 4.78 is 0. The summed E-state index contributed by atoms with van der Waals surface area (Å²) in [7, 11) is 0. The van der Waals surface area contributed by atoms with E-state index in [0.717, 1.165) is 25.7 Å². The molecule has 2 atom stereocenters. The van der Waals surface area contributed by atoms with Gasteiger partial charge >= 0.3 is 0 Å². The molecule has 0 aliphatic heterocycles. The first kappa shape index (κ1) is 13.0. The van der Waals surface area contributed by atoms with Crippen molar-refractivity contribution in [2.45, 2.75) is 37.1 Å². The molecule has 2 rings (SSSR count). The van der Waals surface area contributed by atoms with E-state index in [1.165, 1.54) is 18.2 Å². The van der Waals surface area contributed by atoms with Crippen molar-refractivity contribution in [2.75, 3.05) is 0 Å². The van der Waals surface area contributed by atoms with Crippen LogP contribution in [0.4, 0.5) is 0 Å². The molecule has 0 heterocycles. The molecule has 3 N–H and O–H groups in total. The lowest BCUT2D eigenvalue weighted by Gasteiger charge is -2.27. The van der Waals surface area contributed by atoms with Gasteiger partial charge in [-0.25, -0.2) is 0 Å². The summed E-state index contributed by atoms with van der Waals surface area (Å²) in [5.74, 6) is -0.809. The van der Waals surface area contributed by atoms with Crippen LogP contribution in [0.2, 0.25) is 0 Å². The van der Waals surface area contributed by atoms with E-state index in [1.807, 2.05) is 0 Å². The quantitative estimate of drug-likeness (QED) is 0.570. The minimum absolute atomic E-state index is 0.0242. The lowest BCUT2D eigenvalue weighted by atomic mass is 9.94. The highest BCUT2D eigenvalue weighted by atomic mass is 35.5. The van der Waals surface area contributed by atoms with E-state index in [4.69, 9.17) is 11.6 Å². The van der Waals surface area contributed by atoms with Gasteiger partial charge < -0.3 is 15.5 Å². The number of hydrogen-bond donors (Lipinski definition) is 3. The lowest BCUT2D eigenvalue weighted by molar-refractivity contribution is 0.0928. The van der Waals surface area contributed by atoms with Crippen molar-refractivity contribution in [2.24, 2.45) is 0 Å². The Morgan fingerprint density at radius 2 is 1.94 bits per heavy atom. The highest BCUT2D eigenvalue weighted by molar-refractivity contribution is 6.21. The summed E-state index contributed by atoms with van der Waals surface area (Å²) in [6, 6.07) is 3.99. The van der Waals surface area contributed by atoms with E-state index in [9.17, 15) is 15.0 Å². The lowest BCUT2D eigenvalue weighted by Crippen LogP contribution is -2.42. The fraction of sp³-hybridized carbons (Fsp3) is 0.462. The number of hydrogen-bond acceptors (Lipinski definition) is 3. The van der Waals surface area contributed by atoms with Crippen LogP contribution in [0.1, 0.15) is 36.0 Å². The zero-order valence-corrected chi connectivity index (χ0v) is 10.7. The van der Waals surface area contributed by atoms with E-state index in [1.54, 1.807) is 0 Å². The summed E-state index contributed by atoms with van der Waals surface area (Å²) in [5.41, 5.74) is 0.319. The van der Waals surface area contributed by atoms with Crippen molar-refractivity contribution < 1.29 is 15.0 Å². The van der Waals surface area contributed by atoms with Crippen molar-refractivity contribution in [1.82, 2.24) is 5.32 Å². The standard InChI is InChI=1S/C13H16ClNO3/c14-9-3-1-2-4-10(9)15-13(18)8-5-6-11(16)12(17)7-8/h5-7,9-10,16-17H,1-4H2,(H,15,18). The highest BCUT2D eigenvalue weighted by Gasteiger charge is 2.25. The van der Waals surface area contributed by atoms with E-state index in [2.05, 4.69) is 5.32 Å². The third-order valence-electron chi connectivity index (χ3n) is 3.24. The Labute approximate surface area is 111 Å². The number of amides is 1. The predicted molar refractivity (Wildman–Crippen MR) is 69.1 cm³/mol. The summed E-state index contributed by atoms with van der Waals surface area (Å²) >= 11 is 6.17. The van der Waals surface area contributed by atoms with Gasteiger partial charge in [-0.2, -0.15) is 0 Å². The second kappa shape index (κ2) is 5.48. The summed E-state index contributed by atoms with van der Waals surface area (Å²) in [4.78, 5) is 12.0. The smallest absolute Gasteiger partial charge is 0.251 e. The van der Waals surface area contributed by atoms with Gasteiger partial charge in [0.05, 0.1) is 5.38 Å². The monoisotopic (exact) mass is 269 g/mol. The van der Waals surface area contributed by atoms with Crippen LogP contribution in [0.5, 0.6) is 11.5 Å². The molecule has 98 valence electrons. The van der Waals surface area contributed by atoms with Gasteiger partial charge in [0.15, 0.2) is 11.5 Å². The van der Waals surface area contributed by atoms with Crippen molar-refractivity contribution in [3.63, 3.8) is 0 Å². The largest absolute Gasteiger partial charge is 0.504 e. The van der Waals surface area contributed by atoms with E-state index in [-0.39, 0.29) is 28.8 Å². The minimum Gasteiger partial charge on any atom is -0.504 e. The van der Waals surface area contributed by atoms with Crippen LogP contribution in [0.25, 0.3) is 0 Å². The second-order valence-corrected chi connectivity index (χ2v) is 5.14. The molecule has 18 heavy (non-hydrogen) atoms. The third kappa shape index (κ3) is 2.88. The van der Waals surface area contributed by atoms with Gasteiger partial charge in [0, 0.05) is 11.6 Å². The Kier molecular flexibility index (Phi) is 3.97. The Bertz CT molecular complexity index is 450. The molecule has 5 heteroatoms. The number of benzene rings is 1. The SMILES string of the molecule is O=C(NC1CCCCC1Cl)c1ccc(O)c(O)c1. The van der Waals surface area contributed by atoms with Gasteiger partial charge in [-0.15, -0.1) is 11.6 Å². The Balaban J connectivity index is 2.04. The number of rotatable bonds is 2. The number of phenols is 2. The minimum atomic E-state index is -0.297. The average Bonchev–Trinajstić information content (AvgIpc) is 2.35. The van der Waals surface area contributed by atoms with Crippen molar-refractivity contribution in [1.29, 1.82) is 0 Å². The van der Waals surface area contributed by atoms with Crippen molar-refractivity contribution >= 4 is 17.5 Å². The van der Waals surface area contributed by atoms with Crippen molar-refractivity contribution in [3.8, 4) is 11.5 Å². The van der Waals surface area contributed by atoms with Gasteiger partial charge in [0.2, 0.25) is 0 Å². The van der Waals surface area contributed by atoms with Gasteiger partial charge in [0.25, 0.3) is 5.91 Å². The maximum atomic E-state index is 12.0. The second-order valence-electron chi connectivity index (χ2n) is 4.58. The maximum absolute atomic E-state index is 12.0. The number of phenolic OH excluding ortho intramolecular Hbond substituents is 2. The average molecular weight is 270 g/mol. The molecule has 1 aliphatic carbocycles. The third-order valence-corrected chi connectivity index (χ3v) is 3.76. The molecule has 4 nitrogen and oxygen atoms in total. The molecule has 2 unspecified atom stereocenters. The number of aromatic hydroxyl groups is 2. The van der Waals surface area contributed by atoms with Gasteiger partial charge in [-0.05, 0) is 31.0 Å². The van der Waals surface area contributed by atoms with Crippen molar-refractivity contribution in [3.05, 3.63) is 23.8 Å². The molecular weight excluding hydrogens is 254 g/mol. The van der Waals surface area contributed by atoms with E-state index < -0.39 is 0 Å². The predicted octanol–water partition coefficient (Wildman–Crippen LogP) is 2.38. The van der Waals surface area contributed by atoms with Gasteiger partial charge in [0.1, 0.15) is 0 Å². The number of alkyl halides is 1. The molecule has 1 fully saturated rings. The van der Waals surface area contributed by atoms with Crippen LogP contribution in [0, 0.1) is 0 Å². The fourth-order valence-electron chi connectivity index (χ4n) is 2.16. The number of halogens is 1. The highest BCUT2D eigenvalue weighted by Crippen LogP contribution is 2.26. The molecular formula is C13H16ClNO3. The molecule has 0 saturated heterocycles. The van der Waals surface area contributed by atoms with Crippen LogP contribution in [-0.2, 0) is 0 Å². The summed E-state index contributed by atoms with van der Waals surface area (Å²) in [5, 5.41) is 21.4.